The molecule has 0 amide bonds. The maximum Gasteiger partial charge on any atom is 0.248 e. The summed E-state index contributed by atoms with van der Waals surface area (Å²) in [5, 5.41) is 11.6. The molecular weight excluding hydrogens is 422 g/mol. The predicted octanol–water partition coefficient (Wildman–Crippen LogP) is 6.44. The summed E-state index contributed by atoms with van der Waals surface area (Å²) in [4.78, 5) is 5.90. The molecule has 0 radical (unpaired) electrons. The molecule has 130 valence electrons. The zero-order chi connectivity index (χ0) is 18.2. The molecule has 0 spiro atoms. The third-order valence-electron chi connectivity index (χ3n) is 4.24. The van der Waals surface area contributed by atoms with Crippen LogP contribution in [0.15, 0.2) is 81.0 Å². The van der Waals surface area contributed by atoms with E-state index < -0.39 is 0 Å². The molecule has 0 atom stereocenters. The van der Waals surface area contributed by atoms with Crippen LogP contribution in [0.1, 0.15) is 0 Å². The number of hydrogen-bond donors (Lipinski definition) is 0. The van der Waals surface area contributed by atoms with Gasteiger partial charge in [-0.1, -0.05) is 40.2 Å². The number of thiophene rings is 1. The van der Waals surface area contributed by atoms with Gasteiger partial charge in [-0.3, -0.25) is 0 Å². The van der Waals surface area contributed by atoms with E-state index in [0.29, 0.717) is 11.8 Å². The summed E-state index contributed by atoms with van der Waals surface area (Å²) < 4.78 is 7.02. The quantitative estimate of drug-likeness (QED) is 0.328. The van der Waals surface area contributed by atoms with Crippen molar-refractivity contribution in [2.24, 2.45) is 0 Å². The number of para-hydroxylation sites is 1. The Bertz CT molecular complexity index is 1230. The van der Waals surface area contributed by atoms with E-state index in [-0.39, 0.29) is 0 Å². The molecule has 0 fully saturated rings. The number of rotatable bonds is 3. The Labute approximate surface area is 167 Å². The molecule has 27 heavy (non-hydrogen) atoms. The van der Waals surface area contributed by atoms with E-state index in [1.54, 1.807) is 11.3 Å². The monoisotopic (exact) mass is 433 g/mol. The highest BCUT2D eigenvalue weighted by Gasteiger charge is 2.16. The smallest absolute Gasteiger partial charge is 0.248 e. The van der Waals surface area contributed by atoms with Gasteiger partial charge in [-0.15, -0.1) is 21.5 Å². The Kier molecular flexibility index (Phi) is 4.07. The minimum atomic E-state index is 0.490. The van der Waals surface area contributed by atoms with Crippen molar-refractivity contribution >= 4 is 38.2 Å². The van der Waals surface area contributed by atoms with Gasteiger partial charge in [0.25, 0.3) is 0 Å². The van der Waals surface area contributed by atoms with E-state index in [1.165, 1.54) is 0 Å². The van der Waals surface area contributed by atoms with Crippen molar-refractivity contribution in [1.82, 2.24) is 15.2 Å². The molecule has 0 bridgehead atoms. The fourth-order valence-electron chi connectivity index (χ4n) is 2.94. The van der Waals surface area contributed by atoms with Gasteiger partial charge in [0.15, 0.2) is 0 Å². The van der Waals surface area contributed by atoms with Crippen molar-refractivity contribution < 1.29 is 4.42 Å². The van der Waals surface area contributed by atoms with Crippen molar-refractivity contribution in [2.45, 2.75) is 0 Å². The lowest BCUT2D eigenvalue weighted by molar-refractivity contribution is 0.585. The van der Waals surface area contributed by atoms with E-state index >= 15 is 0 Å². The predicted molar refractivity (Wildman–Crippen MR) is 111 cm³/mol. The van der Waals surface area contributed by atoms with Gasteiger partial charge in [0.05, 0.1) is 21.7 Å². The van der Waals surface area contributed by atoms with E-state index in [0.717, 1.165) is 37.1 Å². The first kappa shape index (κ1) is 16.4. The molecule has 0 saturated carbocycles. The van der Waals surface area contributed by atoms with Gasteiger partial charge in [-0.25, -0.2) is 4.98 Å². The summed E-state index contributed by atoms with van der Waals surface area (Å²) >= 11 is 5.10. The Hall–Kier alpha value is -2.83. The molecular formula is C21H12BrN3OS. The van der Waals surface area contributed by atoms with Crippen LogP contribution in [0.4, 0.5) is 0 Å². The first-order valence-electron chi connectivity index (χ1n) is 8.31. The molecule has 0 aliphatic carbocycles. The first-order chi connectivity index (χ1) is 13.3. The van der Waals surface area contributed by atoms with Gasteiger partial charge >= 0.3 is 0 Å². The largest absolute Gasteiger partial charge is 0.416 e. The second-order valence-electron chi connectivity index (χ2n) is 5.97. The van der Waals surface area contributed by atoms with Gasteiger partial charge in [0.1, 0.15) is 0 Å². The fourth-order valence-corrected chi connectivity index (χ4v) is 3.89. The number of nitrogens with zero attached hydrogens (tertiary/aromatic N) is 3. The lowest BCUT2D eigenvalue weighted by Gasteiger charge is -2.06. The minimum absolute atomic E-state index is 0.490. The Morgan fingerprint density at radius 2 is 1.67 bits per heavy atom. The highest BCUT2D eigenvalue weighted by molar-refractivity contribution is 9.10. The topological polar surface area (TPSA) is 51.8 Å². The van der Waals surface area contributed by atoms with Crippen molar-refractivity contribution in [3.63, 3.8) is 0 Å². The second-order valence-corrected chi connectivity index (χ2v) is 7.83. The summed E-state index contributed by atoms with van der Waals surface area (Å²) in [6.45, 7) is 0. The van der Waals surface area contributed by atoms with E-state index in [2.05, 4.69) is 32.2 Å². The average Bonchev–Trinajstić information content (AvgIpc) is 3.40. The van der Waals surface area contributed by atoms with Crippen LogP contribution in [0.25, 0.3) is 44.4 Å². The van der Waals surface area contributed by atoms with Crippen LogP contribution in [0.3, 0.4) is 0 Å². The fraction of sp³-hybridized carbons (Fsp3) is 0. The molecule has 6 heteroatoms. The van der Waals surface area contributed by atoms with Crippen molar-refractivity contribution in [1.29, 1.82) is 0 Å². The van der Waals surface area contributed by atoms with Crippen molar-refractivity contribution in [3.8, 4) is 33.5 Å². The molecule has 0 saturated heterocycles. The maximum atomic E-state index is 6.01. The standard InChI is InChI=1S/C21H12BrN3OS/c22-14-9-7-13(8-10-14)20-24-25-21(26-20)16-12-18(19-6-3-11-27-19)23-17-5-2-1-4-15(16)17/h1-12H. The number of fused-ring (bicyclic) bond motifs is 1. The zero-order valence-electron chi connectivity index (χ0n) is 14.0. The van der Waals surface area contributed by atoms with Gasteiger partial charge in [0, 0.05) is 15.4 Å². The van der Waals surface area contributed by atoms with Gasteiger partial charge in [-0.2, -0.15) is 0 Å². The lowest BCUT2D eigenvalue weighted by atomic mass is 10.1. The molecule has 5 aromatic rings. The van der Waals surface area contributed by atoms with Crippen LogP contribution in [-0.2, 0) is 0 Å². The van der Waals surface area contributed by atoms with E-state index in [4.69, 9.17) is 9.40 Å². The number of pyridine rings is 1. The normalized spacial score (nSPS) is 11.1. The minimum Gasteiger partial charge on any atom is -0.416 e. The molecule has 4 nitrogen and oxygen atoms in total. The van der Waals surface area contributed by atoms with Crippen LogP contribution in [0.2, 0.25) is 0 Å². The molecule has 3 heterocycles. The number of aromatic nitrogens is 3. The third kappa shape index (κ3) is 3.07. The van der Waals surface area contributed by atoms with Crippen molar-refractivity contribution in [3.05, 3.63) is 76.6 Å². The van der Waals surface area contributed by atoms with Crippen molar-refractivity contribution in [2.75, 3.05) is 0 Å². The summed E-state index contributed by atoms with van der Waals surface area (Å²) in [6, 6.07) is 21.9. The molecule has 0 aliphatic heterocycles. The Balaban J connectivity index is 1.67. The summed E-state index contributed by atoms with van der Waals surface area (Å²) in [5.41, 5.74) is 3.58. The van der Waals surface area contributed by atoms with Crippen LogP contribution in [0.5, 0.6) is 0 Å². The lowest BCUT2D eigenvalue weighted by Crippen LogP contribution is -1.88. The molecule has 2 aromatic carbocycles. The first-order valence-corrected chi connectivity index (χ1v) is 9.99. The summed E-state index contributed by atoms with van der Waals surface area (Å²) in [6.07, 6.45) is 0. The molecule has 3 aromatic heterocycles. The third-order valence-corrected chi connectivity index (χ3v) is 5.66. The Morgan fingerprint density at radius 1 is 0.852 bits per heavy atom. The maximum absolute atomic E-state index is 6.01. The van der Waals surface area contributed by atoms with Crippen LogP contribution < -0.4 is 0 Å². The molecule has 0 unspecified atom stereocenters. The Morgan fingerprint density at radius 3 is 2.48 bits per heavy atom. The zero-order valence-corrected chi connectivity index (χ0v) is 16.4. The van der Waals surface area contributed by atoms with Gasteiger partial charge in [0.2, 0.25) is 11.8 Å². The van der Waals surface area contributed by atoms with Crippen LogP contribution in [-0.4, -0.2) is 15.2 Å². The molecule has 5 rings (SSSR count). The highest BCUT2D eigenvalue weighted by atomic mass is 79.9. The average molecular weight is 434 g/mol. The summed E-state index contributed by atoms with van der Waals surface area (Å²) in [5.74, 6) is 0.986. The van der Waals surface area contributed by atoms with E-state index in [1.807, 2.05) is 66.0 Å². The SMILES string of the molecule is Brc1ccc(-c2nnc(-c3cc(-c4cccs4)nc4ccccc34)o2)cc1. The second kappa shape index (κ2) is 6.72. The molecule has 0 aliphatic rings. The molecule has 0 N–H and O–H groups in total. The van der Waals surface area contributed by atoms with Gasteiger partial charge in [-0.05, 0) is 47.8 Å². The van der Waals surface area contributed by atoms with Crippen LogP contribution >= 0.6 is 27.3 Å². The number of halogens is 1. The van der Waals surface area contributed by atoms with Crippen LogP contribution in [0, 0.1) is 0 Å². The summed E-state index contributed by atoms with van der Waals surface area (Å²) in [7, 11) is 0. The van der Waals surface area contributed by atoms with E-state index in [9.17, 15) is 0 Å². The number of benzene rings is 2. The number of hydrogen-bond acceptors (Lipinski definition) is 5. The van der Waals surface area contributed by atoms with Gasteiger partial charge < -0.3 is 4.42 Å². The highest BCUT2D eigenvalue weighted by Crippen LogP contribution is 2.34.